The number of sulfonamides is 1. The van der Waals surface area contributed by atoms with Gasteiger partial charge in [-0.25, -0.2) is 8.42 Å². The highest BCUT2D eigenvalue weighted by molar-refractivity contribution is 7.92. The molecular formula is C27H39N3O5S. The van der Waals surface area contributed by atoms with Crippen LogP contribution in [-0.2, 0) is 26.0 Å². The summed E-state index contributed by atoms with van der Waals surface area (Å²) in [5, 5.41) is 2.91. The first kappa shape index (κ1) is 29.2. The number of anilines is 1. The van der Waals surface area contributed by atoms with Crippen LogP contribution in [0, 0.1) is 0 Å². The molecule has 8 nitrogen and oxygen atoms in total. The Morgan fingerprint density at radius 2 is 1.67 bits per heavy atom. The third-order valence-electron chi connectivity index (χ3n) is 5.99. The Kier molecular flexibility index (Phi) is 11.7. The normalized spacial score (nSPS) is 12.0. The first-order valence-corrected chi connectivity index (χ1v) is 14.2. The molecule has 0 fully saturated rings. The molecule has 0 aromatic heterocycles. The predicted molar refractivity (Wildman–Crippen MR) is 144 cm³/mol. The maximum absolute atomic E-state index is 13.3. The molecule has 0 spiro atoms. The molecule has 36 heavy (non-hydrogen) atoms. The Bertz CT molecular complexity index is 1060. The van der Waals surface area contributed by atoms with E-state index in [-0.39, 0.29) is 24.8 Å². The lowest BCUT2D eigenvalue weighted by atomic mass is 10.1. The number of carbonyl (C=O) groups is 2. The minimum absolute atomic E-state index is 0.129. The summed E-state index contributed by atoms with van der Waals surface area (Å²) in [6.07, 6.45) is 4.07. The van der Waals surface area contributed by atoms with Crippen LogP contribution in [0.25, 0.3) is 0 Å². The van der Waals surface area contributed by atoms with Crippen LogP contribution in [0.3, 0.4) is 0 Å². The van der Waals surface area contributed by atoms with Crippen LogP contribution in [-0.4, -0.2) is 64.2 Å². The molecule has 1 N–H and O–H groups in total. The third kappa shape index (κ3) is 9.18. The van der Waals surface area contributed by atoms with Gasteiger partial charge >= 0.3 is 0 Å². The fraction of sp³-hybridized carbons (Fsp3) is 0.481. The van der Waals surface area contributed by atoms with Gasteiger partial charge in [-0.1, -0.05) is 43.7 Å². The monoisotopic (exact) mass is 517 g/mol. The molecule has 2 rings (SSSR count). The standard InChI is InChI=1S/C27H39N3O5S/c1-5-6-19-28-27(32)22(2)29(21-18-23-11-8-7-9-12-23)26(31)13-10-20-30(36(4,33)34)24-14-16-25(35-3)17-15-24/h7-9,11-12,14-17,22H,5-6,10,13,18-21H2,1-4H3,(H,28,32)/t22-/m1/s1. The Morgan fingerprint density at radius 1 is 1.00 bits per heavy atom. The van der Waals surface area contributed by atoms with Gasteiger partial charge in [-0.05, 0) is 56.0 Å². The Labute approximate surface area is 215 Å². The number of nitrogens with zero attached hydrogens (tertiary/aromatic N) is 2. The van der Waals surface area contributed by atoms with Gasteiger partial charge < -0.3 is 15.0 Å². The third-order valence-corrected chi connectivity index (χ3v) is 7.19. The summed E-state index contributed by atoms with van der Waals surface area (Å²) in [7, 11) is -2.00. The topological polar surface area (TPSA) is 96.0 Å². The number of nitrogens with one attached hydrogen (secondary N) is 1. The summed E-state index contributed by atoms with van der Waals surface area (Å²) in [4.78, 5) is 27.6. The van der Waals surface area contributed by atoms with E-state index in [0.29, 0.717) is 37.4 Å². The molecule has 0 unspecified atom stereocenters. The van der Waals surface area contributed by atoms with Gasteiger partial charge in [-0.3, -0.25) is 13.9 Å². The second-order valence-corrected chi connectivity index (χ2v) is 10.7. The molecule has 0 aliphatic heterocycles. The number of benzene rings is 2. The highest BCUT2D eigenvalue weighted by Gasteiger charge is 2.26. The molecule has 1 atom stereocenters. The Morgan fingerprint density at radius 3 is 2.25 bits per heavy atom. The van der Waals surface area contributed by atoms with Crippen molar-refractivity contribution in [1.82, 2.24) is 10.2 Å². The van der Waals surface area contributed by atoms with Crippen molar-refractivity contribution < 1.29 is 22.7 Å². The maximum atomic E-state index is 13.3. The average Bonchev–Trinajstić information content (AvgIpc) is 2.86. The zero-order chi connectivity index (χ0) is 26.6. The molecule has 0 saturated heterocycles. The summed E-state index contributed by atoms with van der Waals surface area (Å²) in [6.45, 7) is 4.92. The molecule has 2 amide bonds. The molecule has 0 radical (unpaired) electrons. The number of hydrogen-bond donors (Lipinski definition) is 1. The second-order valence-electron chi connectivity index (χ2n) is 8.78. The number of unbranched alkanes of at least 4 members (excludes halogenated alkanes) is 1. The van der Waals surface area contributed by atoms with Crippen LogP contribution in [0.5, 0.6) is 5.75 Å². The lowest BCUT2D eigenvalue weighted by Gasteiger charge is -2.29. The summed E-state index contributed by atoms with van der Waals surface area (Å²) in [6, 6.07) is 15.9. The van der Waals surface area contributed by atoms with Crippen molar-refractivity contribution in [3.8, 4) is 5.75 Å². The van der Waals surface area contributed by atoms with Crippen LogP contribution >= 0.6 is 0 Å². The van der Waals surface area contributed by atoms with Crippen molar-refractivity contribution in [3.63, 3.8) is 0 Å². The van der Waals surface area contributed by atoms with Crippen LogP contribution in [0.4, 0.5) is 5.69 Å². The van der Waals surface area contributed by atoms with E-state index in [0.717, 1.165) is 24.7 Å². The highest BCUT2D eigenvalue weighted by Crippen LogP contribution is 2.22. The maximum Gasteiger partial charge on any atom is 0.242 e. The fourth-order valence-electron chi connectivity index (χ4n) is 3.86. The zero-order valence-electron chi connectivity index (χ0n) is 21.8. The van der Waals surface area contributed by atoms with E-state index in [2.05, 4.69) is 12.2 Å². The molecule has 2 aromatic carbocycles. The van der Waals surface area contributed by atoms with E-state index in [1.165, 1.54) is 4.31 Å². The van der Waals surface area contributed by atoms with Crippen molar-refractivity contribution in [2.45, 2.75) is 52.0 Å². The smallest absolute Gasteiger partial charge is 0.242 e. The van der Waals surface area contributed by atoms with Crippen LogP contribution < -0.4 is 14.4 Å². The highest BCUT2D eigenvalue weighted by atomic mass is 32.2. The van der Waals surface area contributed by atoms with Gasteiger partial charge in [0.15, 0.2) is 0 Å². The molecule has 0 heterocycles. The quantitative estimate of drug-likeness (QED) is 0.364. The molecular weight excluding hydrogens is 478 g/mol. The molecule has 198 valence electrons. The minimum atomic E-state index is -3.54. The predicted octanol–water partition coefficient (Wildman–Crippen LogP) is 3.62. The average molecular weight is 518 g/mol. The van der Waals surface area contributed by atoms with Crippen molar-refractivity contribution in [2.75, 3.05) is 37.3 Å². The Balaban J connectivity index is 2.08. The van der Waals surface area contributed by atoms with E-state index in [4.69, 9.17) is 4.74 Å². The van der Waals surface area contributed by atoms with E-state index >= 15 is 0 Å². The number of hydrogen-bond acceptors (Lipinski definition) is 5. The molecule has 2 aromatic rings. The lowest BCUT2D eigenvalue weighted by Crippen LogP contribution is -2.49. The number of ether oxygens (including phenoxy) is 1. The van der Waals surface area contributed by atoms with Gasteiger partial charge in [0, 0.05) is 26.1 Å². The molecule has 0 aliphatic carbocycles. The number of carbonyl (C=O) groups excluding carboxylic acids is 2. The van der Waals surface area contributed by atoms with Gasteiger partial charge in [-0.15, -0.1) is 0 Å². The van der Waals surface area contributed by atoms with E-state index in [1.54, 1.807) is 43.2 Å². The van der Waals surface area contributed by atoms with Gasteiger partial charge in [0.2, 0.25) is 21.8 Å². The molecule has 0 aliphatic rings. The first-order valence-electron chi connectivity index (χ1n) is 12.4. The minimum Gasteiger partial charge on any atom is -0.497 e. The SMILES string of the molecule is CCCCNC(=O)[C@@H](C)N(CCc1ccccc1)C(=O)CCCN(c1ccc(OC)cc1)S(C)(=O)=O. The van der Waals surface area contributed by atoms with Crippen molar-refractivity contribution in [1.29, 1.82) is 0 Å². The zero-order valence-corrected chi connectivity index (χ0v) is 22.6. The van der Waals surface area contributed by atoms with Crippen molar-refractivity contribution in [3.05, 3.63) is 60.2 Å². The number of amides is 2. The van der Waals surface area contributed by atoms with Crippen LogP contribution in [0.2, 0.25) is 0 Å². The molecule has 0 bridgehead atoms. The van der Waals surface area contributed by atoms with E-state index in [9.17, 15) is 18.0 Å². The largest absolute Gasteiger partial charge is 0.497 e. The lowest BCUT2D eigenvalue weighted by molar-refractivity contribution is -0.139. The van der Waals surface area contributed by atoms with Crippen molar-refractivity contribution in [2.24, 2.45) is 0 Å². The fourth-order valence-corrected chi connectivity index (χ4v) is 4.82. The number of methoxy groups -OCH3 is 1. The molecule has 0 saturated carbocycles. The van der Waals surface area contributed by atoms with Crippen LogP contribution in [0.15, 0.2) is 54.6 Å². The van der Waals surface area contributed by atoms with Crippen LogP contribution in [0.1, 0.15) is 45.1 Å². The van der Waals surface area contributed by atoms with Gasteiger partial charge in [0.05, 0.1) is 19.1 Å². The Hall–Kier alpha value is -3.07. The van der Waals surface area contributed by atoms with Crippen molar-refractivity contribution >= 4 is 27.5 Å². The summed E-state index contributed by atoms with van der Waals surface area (Å²) in [5.41, 5.74) is 1.59. The van der Waals surface area contributed by atoms with E-state index < -0.39 is 16.1 Å². The van der Waals surface area contributed by atoms with Gasteiger partial charge in [0.1, 0.15) is 11.8 Å². The van der Waals surface area contributed by atoms with E-state index in [1.807, 2.05) is 30.3 Å². The molecule has 9 heteroatoms. The number of rotatable bonds is 15. The van der Waals surface area contributed by atoms with Gasteiger partial charge in [-0.2, -0.15) is 0 Å². The summed E-state index contributed by atoms with van der Waals surface area (Å²) >= 11 is 0. The second kappa shape index (κ2) is 14.5. The summed E-state index contributed by atoms with van der Waals surface area (Å²) in [5.74, 6) is 0.274. The van der Waals surface area contributed by atoms with Gasteiger partial charge in [0.25, 0.3) is 0 Å². The first-order chi connectivity index (χ1) is 17.2. The summed E-state index contributed by atoms with van der Waals surface area (Å²) < 4.78 is 31.3.